The van der Waals surface area contributed by atoms with Gasteiger partial charge in [-0.25, -0.2) is 0 Å². The van der Waals surface area contributed by atoms with E-state index in [1.54, 1.807) is 0 Å². The number of aliphatic carboxylic acids is 1. The summed E-state index contributed by atoms with van der Waals surface area (Å²) in [7, 11) is 0. The number of para-hydroxylation sites is 1. The summed E-state index contributed by atoms with van der Waals surface area (Å²) in [6, 6.07) is 18.4. The van der Waals surface area contributed by atoms with E-state index in [2.05, 4.69) is 18.2 Å². The molecule has 0 bridgehead atoms. The minimum atomic E-state index is -0.703. The molecule has 0 aromatic heterocycles. The van der Waals surface area contributed by atoms with Crippen LogP contribution >= 0.6 is 0 Å². The molecule has 122 valence electrons. The molecule has 0 aliphatic rings. The minimum absolute atomic E-state index is 0.279. The third-order valence-electron chi connectivity index (χ3n) is 3.76. The van der Waals surface area contributed by atoms with Crippen molar-refractivity contribution >= 4 is 5.97 Å². The number of rotatable bonds is 10. The van der Waals surface area contributed by atoms with Crippen molar-refractivity contribution in [3.63, 3.8) is 0 Å². The van der Waals surface area contributed by atoms with Crippen LogP contribution in [0.5, 0.6) is 5.75 Å². The smallest absolute Gasteiger partial charge is 0.303 e. The maximum Gasteiger partial charge on any atom is 0.303 e. The molecule has 3 nitrogen and oxygen atoms in total. The van der Waals surface area contributed by atoms with Gasteiger partial charge in [-0.3, -0.25) is 4.79 Å². The monoisotopic (exact) mass is 312 g/mol. The Bertz CT molecular complexity index is 593. The van der Waals surface area contributed by atoms with Crippen molar-refractivity contribution in [2.75, 3.05) is 6.61 Å². The number of carboxylic acid groups (broad SMARTS) is 1. The lowest BCUT2D eigenvalue weighted by atomic mass is 10.0. The van der Waals surface area contributed by atoms with Crippen LogP contribution in [-0.2, 0) is 4.79 Å². The molecule has 0 radical (unpaired) electrons. The highest BCUT2D eigenvalue weighted by Crippen LogP contribution is 2.29. The number of benzene rings is 2. The fourth-order valence-electron chi connectivity index (χ4n) is 2.54. The van der Waals surface area contributed by atoms with Crippen LogP contribution in [-0.4, -0.2) is 17.7 Å². The summed E-state index contributed by atoms with van der Waals surface area (Å²) in [5.74, 6) is 0.218. The van der Waals surface area contributed by atoms with Crippen LogP contribution in [0.25, 0.3) is 11.1 Å². The molecule has 0 heterocycles. The summed E-state index contributed by atoms with van der Waals surface area (Å²) in [4.78, 5) is 10.4. The molecule has 3 heteroatoms. The molecule has 1 N–H and O–H groups in total. The minimum Gasteiger partial charge on any atom is -0.493 e. The zero-order valence-corrected chi connectivity index (χ0v) is 13.4. The lowest BCUT2D eigenvalue weighted by Crippen LogP contribution is -1.99. The molecule has 2 aromatic carbocycles. The van der Waals surface area contributed by atoms with Crippen LogP contribution in [0.4, 0.5) is 0 Å². The second-order valence-corrected chi connectivity index (χ2v) is 5.62. The van der Waals surface area contributed by atoms with Crippen LogP contribution < -0.4 is 4.74 Å². The van der Waals surface area contributed by atoms with Gasteiger partial charge in [-0.05, 0) is 24.5 Å². The fraction of sp³-hybridized carbons (Fsp3) is 0.350. The van der Waals surface area contributed by atoms with Crippen molar-refractivity contribution in [2.24, 2.45) is 0 Å². The molecule has 0 saturated heterocycles. The third kappa shape index (κ3) is 6.15. The van der Waals surface area contributed by atoms with Crippen molar-refractivity contribution in [2.45, 2.75) is 38.5 Å². The maximum atomic E-state index is 10.4. The first kappa shape index (κ1) is 17.1. The molecule has 0 aliphatic carbocycles. The van der Waals surface area contributed by atoms with Gasteiger partial charge in [0.05, 0.1) is 6.61 Å². The van der Waals surface area contributed by atoms with Crippen LogP contribution in [0, 0.1) is 0 Å². The van der Waals surface area contributed by atoms with Crippen molar-refractivity contribution in [1.29, 1.82) is 0 Å². The Kier molecular flexibility index (Phi) is 7.18. The van der Waals surface area contributed by atoms with E-state index >= 15 is 0 Å². The molecule has 23 heavy (non-hydrogen) atoms. The second kappa shape index (κ2) is 9.67. The average molecular weight is 312 g/mol. The van der Waals surface area contributed by atoms with Gasteiger partial charge >= 0.3 is 5.97 Å². The largest absolute Gasteiger partial charge is 0.493 e. The lowest BCUT2D eigenvalue weighted by molar-refractivity contribution is -0.137. The fourth-order valence-corrected chi connectivity index (χ4v) is 2.54. The lowest BCUT2D eigenvalue weighted by Gasteiger charge is -2.11. The molecular weight excluding hydrogens is 288 g/mol. The molecule has 0 amide bonds. The number of carboxylic acids is 1. The van der Waals surface area contributed by atoms with Gasteiger partial charge in [0.2, 0.25) is 0 Å². The van der Waals surface area contributed by atoms with E-state index in [0.717, 1.165) is 49.0 Å². The number of hydrogen-bond acceptors (Lipinski definition) is 2. The van der Waals surface area contributed by atoms with E-state index in [-0.39, 0.29) is 6.42 Å². The van der Waals surface area contributed by atoms with E-state index < -0.39 is 5.97 Å². The second-order valence-electron chi connectivity index (χ2n) is 5.62. The van der Waals surface area contributed by atoms with Crippen LogP contribution in [0.15, 0.2) is 54.6 Å². The van der Waals surface area contributed by atoms with Gasteiger partial charge < -0.3 is 9.84 Å². The normalized spacial score (nSPS) is 10.4. The molecule has 0 fully saturated rings. The van der Waals surface area contributed by atoms with Crippen LogP contribution in [0.3, 0.4) is 0 Å². The molecule has 0 aliphatic heterocycles. The van der Waals surface area contributed by atoms with Gasteiger partial charge in [-0.15, -0.1) is 0 Å². The zero-order valence-electron chi connectivity index (χ0n) is 13.4. The first-order valence-corrected chi connectivity index (χ1v) is 8.26. The van der Waals surface area contributed by atoms with Crippen molar-refractivity contribution < 1.29 is 14.6 Å². The van der Waals surface area contributed by atoms with E-state index in [9.17, 15) is 4.79 Å². The summed E-state index contributed by atoms with van der Waals surface area (Å²) in [6.07, 6.45) is 5.17. The molecule has 2 aromatic rings. The molecule has 0 atom stereocenters. The van der Waals surface area contributed by atoms with E-state index in [1.807, 2.05) is 36.4 Å². The van der Waals surface area contributed by atoms with Gasteiger partial charge in [-0.2, -0.15) is 0 Å². The average Bonchev–Trinajstić information content (AvgIpc) is 2.58. The zero-order chi connectivity index (χ0) is 16.3. The molecule has 0 spiro atoms. The predicted molar refractivity (Wildman–Crippen MR) is 92.7 cm³/mol. The number of hydrogen-bond donors (Lipinski definition) is 1. The predicted octanol–water partition coefficient (Wildman–Crippen LogP) is 5.16. The van der Waals surface area contributed by atoms with Crippen molar-refractivity contribution in [1.82, 2.24) is 0 Å². The number of unbranched alkanes of at least 4 members (excludes halogenated alkanes) is 4. The Hall–Kier alpha value is -2.29. The van der Waals surface area contributed by atoms with E-state index in [1.165, 1.54) is 0 Å². The number of carbonyl (C=O) groups is 1. The first-order chi connectivity index (χ1) is 11.3. The molecule has 0 unspecified atom stereocenters. The van der Waals surface area contributed by atoms with Crippen LogP contribution in [0.1, 0.15) is 38.5 Å². The number of ether oxygens (including phenoxy) is 1. The highest BCUT2D eigenvalue weighted by molar-refractivity contribution is 5.70. The Labute approximate surface area is 137 Å². The first-order valence-electron chi connectivity index (χ1n) is 8.26. The topological polar surface area (TPSA) is 46.5 Å². The summed E-state index contributed by atoms with van der Waals surface area (Å²) in [5, 5.41) is 8.58. The highest BCUT2D eigenvalue weighted by atomic mass is 16.5. The summed E-state index contributed by atoms with van der Waals surface area (Å²) < 4.78 is 5.94. The Balaban J connectivity index is 1.73. The van der Waals surface area contributed by atoms with Crippen molar-refractivity contribution in [3.05, 3.63) is 54.6 Å². The molecule has 0 saturated carbocycles. The van der Waals surface area contributed by atoms with Gasteiger partial charge in [0, 0.05) is 12.0 Å². The van der Waals surface area contributed by atoms with Crippen LogP contribution in [0.2, 0.25) is 0 Å². The Morgan fingerprint density at radius 1 is 0.826 bits per heavy atom. The highest BCUT2D eigenvalue weighted by Gasteiger charge is 2.05. The van der Waals surface area contributed by atoms with Gasteiger partial charge in [0.15, 0.2) is 0 Å². The Morgan fingerprint density at radius 3 is 2.26 bits per heavy atom. The molecular formula is C20H24O3. The van der Waals surface area contributed by atoms with Gasteiger partial charge in [0.1, 0.15) is 5.75 Å². The summed E-state index contributed by atoms with van der Waals surface area (Å²) >= 11 is 0. The quantitative estimate of drug-likeness (QED) is 0.617. The van der Waals surface area contributed by atoms with Crippen molar-refractivity contribution in [3.8, 4) is 16.9 Å². The summed E-state index contributed by atoms with van der Waals surface area (Å²) in [6.45, 7) is 0.697. The standard InChI is InChI=1S/C20H24O3/c21-20(22)15-7-2-1-3-10-16-23-19-14-9-8-13-18(19)17-11-5-4-6-12-17/h4-6,8-9,11-14H,1-3,7,10,15-16H2,(H,21,22). The van der Waals surface area contributed by atoms with E-state index in [4.69, 9.17) is 9.84 Å². The SMILES string of the molecule is O=C(O)CCCCCCCOc1ccccc1-c1ccccc1. The third-order valence-corrected chi connectivity index (χ3v) is 3.76. The molecule has 2 rings (SSSR count). The Morgan fingerprint density at radius 2 is 1.48 bits per heavy atom. The van der Waals surface area contributed by atoms with Gasteiger partial charge in [0.25, 0.3) is 0 Å². The van der Waals surface area contributed by atoms with Gasteiger partial charge in [-0.1, -0.05) is 67.8 Å². The maximum absolute atomic E-state index is 10.4. The summed E-state index contributed by atoms with van der Waals surface area (Å²) in [5.41, 5.74) is 2.28. The van der Waals surface area contributed by atoms with E-state index in [0.29, 0.717) is 6.61 Å².